The van der Waals surface area contributed by atoms with E-state index in [4.69, 9.17) is 18.9 Å². The summed E-state index contributed by atoms with van der Waals surface area (Å²) in [5.41, 5.74) is 5.03. The van der Waals surface area contributed by atoms with Crippen LogP contribution in [0.5, 0.6) is 23.0 Å². The molecule has 0 aliphatic rings. The van der Waals surface area contributed by atoms with Crippen LogP contribution in [0.15, 0.2) is 65.8 Å². The normalized spacial score (nSPS) is 10.5. The average molecular weight is 448 g/mol. The van der Waals surface area contributed by atoms with E-state index >= 15 is 0 Å². The number of carbonyl (C=O) groups excluding carboxylic acids is 2. The van der Waals surface area contributed by atoms with Gasteiger partial charge in [0.25, 0.3) is 5.91 Å². The van der Waals surface area contributed by atoms with Crippen LogP contribution in [-0.2, 0) is 0 Å². The van der Waals surface area contributed by atoms with Crippen LogP contribution in [0.25, 0.3) is 0 Å². The third-order valence-corrected chi connectivity index (χ3v) is 4.68. The lowest BCUT2D eigenvalue weighted by atomic mass is 10.1. The summed E-state index contributed by atoms with van der Waals surface area (Å²) in [7, 11) is 4.42. The highest BCUT2D eigenvalue weighted by Gasteiger charge is 2.18. The van der Waals surface area contributed by atoms with E-state index in [-0.39, 0.29) is 11.5 Å². The molecule has 0 bridgehead atoms. The summed E-state index contributed by atoms with van der Waals surface area (Å²) >= 11 is 0. The van der Waals surface area contributed by atoms with E-state index in [1.165, 1.54) is 39.7 Å². The van der Waals surface area contributed by atoms with Crippen LogP contribution in [0.3, 0.4) is 0 Å². The van der Waals surface area contributed by atoms with Gasteiger partial charge < -0.3 is 18.9 Å². The predicted molar refractivity (Wildman–Crippen MR) is 124 cm³/mol. The maximum absolute atomic E-state index is 12.6. The Kier molecular flexibility index (Phi) is 7.64. The number of nitrogens with zero attached hydrogens (tertiary/aromatic N) is 1. The van der Waals surface area contributed by atoms with Gasteiger partial charge in [-0.3, -0.25) is 4.79 Å². The first-order valence-electron chi connectivity index (χ1n) is 9.97. The summed E-state index contributed by atoms with van der Waals surface area (Å²) in [6.07, 6.45) is 1.50. The van der Waals surface area contributed by atoms with Crippen LogP contribution < -0.4 is 24.4 Å². The minimum Gasteiger partial charge on any atom is -0.493 e. The molecule has 3 aromatic rings. The van der Waals surface area contributed by atoms with Gasteiger partial charge in [-0.05, 0) is 61.0 Å². The first-order chi connectivity index (χ1) is 15.9. The lowest BCUT2D eigenvalue weighted by Gasteiger charge is -2.13. The van der Waals surface area contributed by atoms with Crippen LogP contribution in [0.2, 0.25) is 0 Å². The molecule has 3 rings (SSSR count). The summed E-state index contributed by atoms with van der Waals surface area (Å²) < 4.78 is 21.2. The zero-order valence-electron chi connectivity index (χ0n) is 18.7. The number of carbonyl (C=O) groups is 2. The van der Waals surface area contributed by atoms with Gasteiger partial charge in [-0.2, -0.15) is 5.10 Å². The largest absolute Gasteiger partial charge is 0.493 e. The second-order valence-corrected chi connectivity index (χ2v) is 6.94. The number of nitrogens with one attached hydrogen (secondary N) is 1. The highest BCUT2D eigenvalue weighted by Crippen LogP contribution is 2.38. The summed E-state index contributed by atoms with van der Waals surface area (Å²) in [6.45, 7) is 1.95. The van der Waals surface area contributed by atoms with Gasteiger partial charge >= 0.3 is 5.97 Å². The standard InChI is InChI=1S/C25H24N2O6/c1-16-5-9-18(10-6-16)24(28)27-26-15-17-7-11-20(12-8-17)33-25(29)19-13-21(30-2)23(32-4)22(14-19)31-3/h5-15H,1-4H3,(H,27,28). The molecule has 0 unspecified atom stereocenters. The number of rotatable bonds is 8. The molecule has 33 heavy (non-hydrogen) atoms. The number of hydrogen-bond acceptors (Lipinski definition) is 7. The van der Waals surface area contributed by atoms with Crippen LogP contribution >= 0.6 is 0 Å². The van der Waals surface area contributed by atoms with Gasteiger partial charge in [0.05, 0.1) is 33.1 Å². The Morgan fingerprint density at radius 2 is 1.42 bits per heavy atom. The molecule has 0 spiro atoms. The summed E-state index contributed by atoms with van der Waals surface area (Å²) in [4.78, 5) is 24.7. The fraction of sp³-hybridized carbons (Fsp3) is 0.160. The monoisotopic (exact) mass is 448 g/mol. The van der Waals surface area contributed by atoms with Gasteiger partial charge in [-0.25, -0.2) is 10.2 Å². The number of ether oxygens (including phenoxy) is 4. The fourth-order valence-electron chi connectivity index (χ4n) is 2.92. The van der Waals surface area contributed by atoms with Crippen molar-refractivity contribution in [1.82, 2.24) is 5.43 Å². The first kappa shape index (κ1) is 23.3. The zero-order chi connectivity index (χ0) is 23.8. The molecule has 0 fully saturated rings. The van der Waals surface area contributed by atoms with Crippen LogP contribution in [0.1, 0.15) is 31.8 Å². The van der Waals surface area contributed by atoms with Crippen molar-refractivity contribution in [1.29, 1.82) is 0 Å². The van der Waals surface area contributed by atoms with Crippen LogP contribution in [0, 0.1) is 6.92 Å². The Balaban J connectivity index is 1.63. The number of aryl methyl sites for hydroxylation is 1. The Morgan fingerprint density at radius 3 is 1.97 bits per heavy atom. The van der Waals surface area contributed by atoms with E-state index in [1.54, 1.807) is 36.4 Å². The van der Waals surface area contributed by atoms with Gasteiger partial charge in [-0.15, -0.1) is 0 Å². The van der Waals surface area contributed by atoms with E-state index in [1.807, 2.05) is 19.1 Å². The smallest absolute Gasteiger partial charge is 0.343 e. The van der Waals surface area contributed by atoms with Crippen LogP contribution in [0.4, 0.5) is 0 Å². The van der Waals surface area contributed by atoms with Gasteiger partial charge in [0.2, 0.25) is 5.75 Å². The van der Waals surface area contributed by atoms with Crippen molar-refractivity contribution in [3.63, 3.8) is 0 Å². The molecular weight excluding hydrogens is 424 g/mol. The van der Waals surface area contributed by atoms with E-state index in [2.05, 4.69) is 10.5 Å². The maximum atomic E-state index is 12.6. The Bertz CT molecular complexity index is 1130. The van der Waals surface area contributed by atoms with Gasteiger partial charge in [0, 0.05) is 5.56 Å². The number of hydrogen-bond donors (Lipinski definition) is 1. The van der Waals surface area contributed by atoms with Crippen molar-refractivity contribution in [3.05, 3.63) is 82.9 Å². The zero-order valence-corrected chi connectivity index (χ0v) is 18.7. The minimum atomic E-state index is -0.582. The Hall–Kier alpha value is -4.33. The van der Waals surface area contributed by atoms with E-state index in [0.29, 0.717) is 34.1 Å². The number of amides is 1. The molecule has 0 atom stereocenters. The van der Waals surface area contributed by atoms with Gasteiger partial charge in [0.15, 0.2) is 11.5 Å². The quantitative estimate of drug-likeness (QED) is 0.242. The second-order valence-electron chi connectivity index (χ2n) is 6.94. The third-order valence-electron chi connectivity index (χ3n) is 4.68. The molecule has 0 radical (unpaired) electrons. The summed E-state index contributed by atoms with van der Waals surface area (Å²) in [6, 6.07) is 16.9. The highest BCUT2D eigenvalue weighted by molar-refractivity contribution is 5.95. The molecule has 8 nitrogen and oxygen atoms in total. The highest BCUT2D eigenvalue weighted by atomic mass is 16.5. The molecule has 0 saturated heterocycles. The van der Waals surface area contributed by atoms with Crippen molar-refractivity contribution in [2.24, 2.45) is 5.10 Å². The molecule has 1 amide bonds. The lowest BCUT2D eigenvalue weighted by molar-refractivity contribution is 0.0733. The Labute approximate surface area is 191 Å². The van der Waals surface area contributed by atoms with Crippen molar-refractivity contribution in [3.8, 4) is 23.0 Å². The number of esters is 1. The fourth-order valence-corrected chi connectivity index (χ4v) is 2.92. The molecule has 0 aliphatic heterocycles. The summed E-state index contributed by atoms with van der Waals surface area (Å²) in [5.74, 6) is 0.540. The molecule has 0 heterocycles. The molecule has 3 aromatic carbocycles. The van der Waals surface area contributed by atoms with Crippen LogP contribution in [-0.4, -0.2) is 39.4 Å². The number of hydrazone groups is 1. The van der Waals surface area contributed by atoms with E-state index in [0.717, 1.165) is 5.56 Å². The topological polar surface area (TPSA) is 95.5 Å². The SMILES string of the molecule is COc1cc(C(=O)Oc2ccc(C=NNC(=O)c3ccc(C)cc3)cc2)cc(OC)c1OC. The summed E-state index contributed by atoms with van der Waals surface area (Å²) in [5, 5.41) is 3.96. The number of methoxy groups -OCH3 is 3. The molecule has 0 aromatic heterocycles. The molecule has 170 valence electrons. The molecule has 8 heteroatoms. The van der Waals surface area contributed by atoms with E-state index < -0.39 is 5.97 Å². The van der Waals surface area contributed by atoms with E-state index in [9.17, 15) is 9.59 Å². The second kappa shape index (κ2) is 10.8. The predicted octanol–water partition coefficient (Wildman–Crippen LogP) is 4.00. The van der Waals surface area contributed by atoms with Crippen molar-refractivity contribution < 1.29 is 28.5 Å². The molecule has 1 N–H and O–H groups in total. The lowest BCUT2D eigenvalue weighted by Crippen LogP contribution is -2.17. The minimum absolute atomic E-state index is 0.244. The Morgan fingerprint density at radius 1 is 0.818 bits per heavy atom. The molecular formula is C25H24N2O6. The van der Waals surface area contributed by atoms with Crippen molar-refractivity contribution >= 4 is 18.1 Å². The molecule has 0 saturated carbocycles. The first-order valence-corrected chi connectivity index (χ1v) is 9.97. The maximum Gasteiger partial charge on any atom is 0.343 e. The average Bonchev–Trinajstić information content (AvgIpc) is 2.84. The third kappa shape index (κ3) is 5.88. The van der Waals surface area contributed by atoms with Gasteiger partial charge in [-0.1, -0.05) is 17.7 Å². The number of benzene rings is 3. The van der Waals surface area contributed by atoms with Gasteiger partial charge in [0.1, 0.15) is 5.75 Å². The molecule has 0 aliphatic carbocycles. The van der Waals surface area contributed by atoms with Crippen molar-refractivity contribution in [2.45, 2.75) is 6.92 Å². The van der Waals surface area contributed by atoms with Crippen molar-refractivity contribution in [2.75, 3.05) is 21.3 Å².